The van der Waals surface area contributed by atoms with Crippen LogP contribution in [0.15, 0.2) is 15.7 Å². The van der Waals surface area contributed by atoms with E-state index >= 15 is 0 Å². The van der Waals surface area contributed by atoms with Gasteiger partial charge in [0.2, 0.25) is 0 Å². The van der Waals surface area contributed by atoms with Crippen LogP contribution >= 0.6 is 11.6 Å². The Kier molecular flexibility index (Phi) is 4.39. The van der Waals surface area contributed by atoms with Crippen molar-refractivity contribution in [2.24, 2.45) is 0 Å². The van der Waals surface area contributed by atoms with Gasteiger partial charge in [-0.1, -0.05) is 11.6 Å². The first kappa shape index (κ1) is 13.8. The largest absolute Gasteiger partial charge is 0.389 e. The average Bonchev–Trinajstić information content (AvgIpc) is 2.13. The van der Waals surface area contributed by atoms with Gasteiger partial charge in [-0.2, -0.15) is 13.2 Å². The van der Waals surface area contributed by atoms with Crippen molar-refractivity contribution in [3.8, 4) is 0 Å². The van der Waals surface area contributed by atoms with Gasteiger partial charge in [0.1, 0.15) is 5.15 Å². The molecule has 0 saturated heterocycles. The molecule has 96 valence electrons. The van der Waals surface area contributed by atoms with Gasteiger partial charge in [0.05, 0.1) is 0 Å². The molecule has 0 amide bonds. The summed E-state index contributed by atoms with van der Waals surface area (Å²) in [6.07, 6.45) is -5.16. The van der Waals surface area contributed by atoms with Crippen LogP contribution in [-0.4, -0.2) is 15.7 Å². The normalized spacial score (nSPS) is 11.8. The molecule has 0 atom stereocenters. The highest BCUT2D eigenvalue weighted by molar-refractivity contribution is 6.29. The zero-order chi connectivity index (χ0) is 13.1. The van der Waals surface area contributed by atoms with Crippen LogP contribution in [0.3, 0.4) is 0 Å². The zero-order valence-electron chi connectivity index (χ0n) is 8.68. The Bertz CT molecular complexity index is 461. The van der Waals surface area contributed by atoms with Gasteiger partial charge in [-0.05, 0) is 12.8 Å². The van der Waals surface area contributed by atoms with E-state index in [0.717, 1.165) is 10.6 Å². The van der Waals surface area contributed by atoms with Crippen molar-refractivity contribution < 1.29 is 13.2 Å². The van der Waals surface area contributed by atoms with E-state index in [1.807, 2.05) is 0 Å². The van der Waals surface area contributed by atoms with Crippen LogP contribution in [0.5, 0.6) is 0 Å². The van der Waals surface area contributed by atoms with E-state index in [2.05, 4.69) is 4.98 Å². The molecule has 1 heterocycles. The second kappa shape index (κ2) is 5.39. The third kappa shape index (κ3) is 4.64. The Morgan fingerprint density at radius 2 is 1.94 bits per heavy atom. The lowest BCUT2D eigenvalue weighted by molar-refractivity contribution is -0.135. The maximum absolute atomic E-state index is 11.8. The summed E-state index contributed by atoms with van der Waals surface area (Å²) < 4.78 is 36.3. The third-order valence-electron chi connectivity index (χ3n) is 2.08. The summed E-state index contributed by atoms with van der Waals surface area (Å²) in [5, 5.41) is -0.0912. The van der Waals surface area contributed by atoms with Gasteiger partial charge in [0, 0.05) is 19.0 Å². The fraction of sp³-hybridized carbons (Fsp3) is 0.556. The van der Waals surface area contributed by atoms with Crippen LogP contribution in [0.2, 0.25) is 5.15 Å². The van der Waals surface area contributed by atoms with Gasteiger partial charge in [0.25, 0.3) is 5.56 Å². The highest BCUT2D eigenvalue weighted by Gasteiger charge is 2.25. The number of hydrogen-bond acceptors (Lipinski definition) is 2. The van der Waals surface area contributed by atoms with Crippen LogP contribution in [0, 0.1) is 0 Å². The van der Waals surface area contributed by atoms with E-state index in [1.165, 1.54) is 0 Å². The second-order valence-corrected chi connectivity index (χ2v) is 3.89. The van der Waals surface area contributed by atoms with E-state index in [1.54, 1.807) is 0 Å². The molecule has 17 heavy (non-hydrogen) atoms. The van der Waals surface area contributed by atoms with Gasteiger partial charge < -0.3 is 0 Å². The van der Waals surface area contributed by atoms with E-state index in [9.17, 15) is 22.8 Å². The molecule has 0 aliphatic rings. The number of aromatic nitrogens is 2. The summed E-state index contributed by atoms with van der Waals surface area (Å²) in [5.41, 5.74) is -1.33. The third-order valence-corrected chi connectivity index (χ3v) is 2.28. The Hall–Kier alpha value is -1.24. The molecule has 0 fully saturated rings. The number of unbranched alkanes of at least 4 members (excludes halogenated alkanes) is 1. The standard InChI is InChI=1S/C9H10ClF3N2O2/c10-6-5-7(16)15(8(17)14-6)4-2-1-3-9(11,12)13/h5H,1-4H2,(H,14,17). The van der Waals surface area contributed by atoms with Gasteiger partial charge >= 0.3 is 11.9 Å². The Balaban J connectivity index is 2.59. The summed E-state index contributed by atoms with van der Waals surface area (Å²) in [4.78, 5) is 24.7. The lowest BCUT2D eigenvalue weighted by atomic mass is 10.2. The molecule has 1 rings (SSSR count). The minimum Gasteiger partial charge on any atom is -0.298 e. The van der Waals surface area contributed by atoms with Crippen molar-refractivity contribution in [1.29, 1.82) is 0 Å². The fourth-order valence-corrected chi connectivity index (χ4v) is 1.47. The smallest absolute Gasteiger partial charge is 0.298 e. The molecule has 0 unspecified atom stereocenters. The van der Waals surface area contributed by atoms with Gasteiger partial charge in [-0.15, -0.1) is 0 Å². The second-order valence-electron chi connectivity index (χ2n) is 3.48. The van der Waals surface area contributed by atoms with E-state index in [4.69, 9.17) is 11.6 Å². The molecule has 0 saturated carbocycles. The molecule has 0 spiro atoms. The predicted molar refractivity (Wildman–Crippen MR) is 56.2 cm³/mol. The number of alkyl halides is 3. The zero-order valence-corrected chi connectivity index (χ0v) is 9.44. The highest BCUT2D eigenvalue weighted by atomic mass is 35.5. The lowest BCUT2D eigenvalue weighted by Crippen LogP contribution is -2.34. The first-order chi connectivity index (χ1) is 7.79. The fourth-order valence-electron chi connectivity index (χ4n) is 1.30. The number of hydrogen-bond donors (Lipinski definition) is 1. The Labute approximate surface area is 99.0 Å². The average molecular weight is 271 g/mol. The van der Waals surface area contributed by atoms with Crippen LogP contribution in [0.4, 0.5) is 13.2 Å². The van der Waals surface area contributed by atoms with Crippen molar-refractivity contribution in [2.45, 2.75) is 32.0 Å². The predicted octanol–water partition coefficient (Wildman–Crippen LogP) is 1.92. The van der Waals surface area contributed by atoms with E-state index in [0.29, 0.717) is 0 Å². The van der Waals surface area contributed by atoms with Crippen molar-refractivity contribution in [2.75, 3.05) is 0 Å². The number of rotatable bonds is 4. The number of aromatic amines is 1. The maximum atomic E-state index is 11.8. The molecular weight excluding hydrogens is 261 g/mol. The minimum atomic E-state index is -4.21. The first-order valence-corrected chi connectivity index (χ1v) is 5.24. The molecule has 4 nitrogen and oxygen atoms in total. The molecule has 1 aromatic rings. The SMILES string of the molecule is O=c1cc(Cl)[nH]c(=O)n1CCCCC(F)(F)F. The Morgan fingerprint density at radius 3 is 2.47 bits per heavy atom. The number of halogens is 4. The van der Waals surface area contributed by atoms with Crippen molar-refractivity contribution in [3.05, 3.63) is 32.1 Å². The van der Waals surface area contributed by atoms with Crippen molar-refractivity contribution >= 4 is 11.6 Å². The Morgan fingerprint density at radius 1 is 1.29 bits per heavy atom. The van der Waals surface area contributed by atoms with Crippen LogP contribution in [0.1, 0.15) is 19.3 Å². The quantitative estimate of drug-likeness (QED) is 0.671. The molecule has 8 heteroatoms. The van der Waals surface area contributed by atoms with Gasteiger partial charge in [0.15, 0.2) is 0 Å². The summed E-state index contributed by atoms with van der Waals surface area (Å²) in [6.45, 7) is -0.0542. The highest BCUT2D eigenvalue weighted by Crippen LogP contribution is 2.22. The van der Waals surface area contributed by atoms with Crippen LogP contribution in [-0.2, 0) is 6.54 Å². The first-order valence-electron chi connectivity index (χ1n) is 4.86. The molecule has 0 radical (unpaired) electrons. The van der Waals surface area contributed by atoms with Crippen molar-refractivity contribution in [3.63, 3.8) is 0 Å². The molecule has 0 aromatic carbocycles. The van der Waals surface area contributed by atoms with E-state index in [-0.39, 0.29) is 24.5 Å². The molecule has 1 N–H and O–H groups in total. The maximum Gasteiger partial charge on any atom is 0.389 e. The van der Waals surface area contributed by atoms with Gasteiger partial charge in [-0.3, -0.25) is 14.3 Å². The lowest BCUT2D eigenvalue weighted by Gasteiger charge is -2.06. The minimum absolute atomic E-state index is 0.0542. The summed E-state index contributed by atoms with van der Waals surface area (Å²) in [5.74, 6) is 0. The van der Waals surface area contributed by atoms with Gasteiger partial charge in [-0.25, -0.2) is 4.79 Å². The summed E-state index contributed by atoms with van der Waals surface area (Å²) in [6, 6.07) is 1.01. The molecule has 0 aliphatic heterocycles. The molecule has 0 aliphatic carbocycles. The number of H-pyrrole nitrogens is 1. The molecular formula is C9H10ClF3N2O2. The van der Waals surface area contributed by atoms with Crippen LogP contribution in [0.25, 0.3) is 0 Å². The monoisotopic (exact) mass is 270 g/mol. The molecule has 1 aromatic heterocycles. The topological polar surface area (TPSA) is 54.9 Å². The molecule has 0 bridgehead atoms. The van der Waals surface area contributed by atoms with E-state index < -0.39 is 23.8 Å². The summed E-state index contributed by atoms with van der Waals surface area (Å²) in [7, 11) is 0. The number of nitrogens with zero attached hydrogens (tertiary/aromatic N) is 1. The number of nitrogens with one attached hydrogen (secondary N) is 1. The van der Waals surface area contributed by atoms with Crippen molar-refractivity contribution in [1.82, 2.24) is 9.55 Å². The van der Waals surface area contributed by atoms with Crippen LogP contribution < -0.4 is 11.2 Å². The summed E-state index contributed by atoms with van der Waals surface area (Å²) >= 11 is 5.43.